The molecule has 2 fully saturated rings. The van der Waals surface area contributed by atoms with E-state index in [0.29, 0.717) is 19.0 Å². The van der Waals surface area contributed by atoms with Crippen molar-refractivity contribution < 1.29 is 13.9 Å². The summed E-state index contributed by atoms with van der Waals surface area (Å²) < 4.78 is 18.8. The van der Waals surface area contributed by atoms with E-state index < -0.39 is 0 Å². The van der Waals surface area contributed by atoms with Crippen LogP contribution in [-0.4, -0.2) is 49.7 Å². The number of halogens is 1. The molecule has 2 aliphatic heterocycles. The molecule has 5 heteroatoms. The highest BCUT2D eigenvalue weighted by atomic mass is 19.1. The minimum Gasteiger partial charge on any atom is -0.376 e. The predicted octanol–water partition coefficient (Wildman–Crippen LogP) is 1.91. The molecule has 0 radical (unpaired) electrons. The molecule has 0 aliphatic carbocycles. The van der Waals surface area contributed by atoms with Gasteiger partial charge >= 0.3 is 0 Å². The number of benzene rings is 1. The number of carbonyl (C=O) groups is 1. The third kappa shape index (κ3) is 4.05. The number of nitrogens with zero attached hydrogens (tertiary/aromatic N) is 1. The lowest BCUT2D eigenvalue weighted by Gasteiger charge is -2.17. The largest absolute Gasteiger partial charge is 0.376 e. The summed E-state index contributed by atoms with van der Waals surface area (Å²) in [6.07, 6.45) is 3.28. The average Bonchev–Trinajstić information content (AvgIpc) is 3.16. The van der Waals surface area contributed by atoms with E-state index in [-0.39, 0.29) is 17.8 Å². The lowest BCUT2D eigenvalue weighted by Crippen LogP contribution is -2.39. The molecule has 2 aliphatic rings. The van der Waals surface area contributed by atoms with Gasteiger partial charge in [-0.2, -0.15) is 0 Å². The highest BCUT2D eigenvalue weighted by Crippen LogP contribution is 2.27. The van der Waals surface area contributed by atoms with Crippen LogP contribution in [0.4, 0.5) is 4.39 Å². The van der Waals surface area contributed by atoms with E-state index in [0.717, 1.165) is 44.5 Å². The van der Waals surface area contributed by atoms with Crippen molar-refractivity contribution in [1.82, 2.24) is 10.2 Å². The fourth-order valence-electron chi connectivity index (χ4n) is 3.30. The molecule has 0 spiro atoms. The van der Waals surface area contributed by atoms with Gasteiger partial charge in [0.25, 0.3) is 0 Å². The molecule has 3 rings (SSSR count). The van der Waals surface area contributed by atoms with Crippen LogP contribution in [0.2, 0.25) is 0 Å². The fourth-order valence-corrected chi connectivity index (χ4v) is 3.30. The monoisotopic (exact) mass is 306 g/mol. The third-order valence-electron chi connectivity index (χ3n) is 4.51. The Hall–Kier alpha value is -1.46. The fraction of sp³-hybridized carbons (Fsp3) is 0.588. The Morgan fingerprint density at radius 1 is 1.41 bits per heavy atom. The molecule has 120 valence electrons. The SMILES string of the molecule is O=C(CN1CC[C@H](c2cccc(F)c2)C1)NC[C@@H]1CCCO1. The van der Waals surface area contributed by atoms with Gasteiger partial charge in [0.15, 0.2) is 0 Å². The van der Waals surface area contributed by atoms with Crippen LogP contribution in [0.3, 0.4) is 0 Å². The summed E-state index contributed by atoms with van der Waals surface area (Å²) in [6.45, 7) is 3.53. The topological polar surface area (TPSA) is 41.6 Å². The molecule has 1 aromatic carbocycles. The number of likely N-dealkylation sites (tertiary alicyclic amines) is 1. The van der Waals surface area contributed by atoms with Crippen molar-refractivity contribution in [2.45, 2.75) is 31.3 Å². The van der Waals surface area contributed by atoms with E-state index in [1.165, 1.54) is 6.07 Å². The molecule has 0 saturated carbocycles. The van der Waals surface area contributed by atoms with Gasteiger partial charge in [0.05, 0.1) is 12.6 Å². The van der Waals surface area contributed by atoms with Gasteiger partial charge in [-0.05, 0) is 49.4 Å². The van der Waals surface area contributed by atoms with Crippen molar-refractivity contribution in [3.63, 3.8) is 0 Å². The summed E-state index contributed by atoms with van der Waals surface area (Å²) in [6, 6.07) is 6.79. The van der Waals surface area contributed by atoms with Crippen molar-refractivity contribution >= 4 is 5.91 Å². The highest BCUT2D eigenvalue weighted by Gasteiger charge is 2.25. The Labute approximate surface area is 130 Å². The molecule has 1 amide bonds. The lowest BCUT2D eigenvalue weighted by molar-refractivity contribution is -0.122. The maximum atomic E-state index is 13.3. The first-order valence-corrected chi connectivity index (χ1v) is 8.07. The second-order valence-corrected chi connectivity index (χ2v) is 6.21. The van der Waals surface area contributed by atoms with Crippen LogP contribution in [0.15, 0.2) is 24.3 Å². The van der Waals surface area contributed by atoms with Gasteiger partial charge in [-0.1, -0.05) is 12.1 Å². The number of hydrogen-bond acceptors (Lipinski definition) is 3. The highest BCUT2D eigenvalue weighted by molar-refractivity contribution is 5.78. The standard InChI is InChI=1S/C17H23FN2O2/c18-15-4-1-3-13(9-15)14-6-7-20(11-14)12-17(21)19-10-16-5-2-8-22-16/h1,3-4,9,14,16H,2,5-8,10-12H2,(H,19,21)/t14-,16-/m0/s1. The maximum Gasteiger partial charge on any atom is 0.234 e. The summed E-state index contributed by atoms with van der Waals surface area (Å²) >= 11 is 0. The van der Waals surface area contributed by atoms with Crippen LogP contribution >= 0.6 is 0 Å². The van der Waals surface area contributed by atoms with E-state index in [9.17, 15) is 9.18 Å². The second-order valence-electron chi connectivity index (χ2n) is 6.21. The number of nitrogens with one attached hydrogen (secondary N) is 1. The van der Waals surface area contributed by atoms with Gasteiger partial charge in [-0.3, -0.25) is 9.69 Å². The van der Waals surface area contributed by atoms with Gasteiger partial charge in [0.2, 0.25) is 5.91 Å². The minimum absolute atomic E-state index is 0.0513. The number of ether oxygens (including phenoxy) is 1. The molecule has 0 aromatic heterocycles. The zero-order chi connectivity index (χ0) is 15.4. The van der Waals surface area contributed by atoms with Crippen molar-refractivity contribution in [1.29, 1.82) is 0 Å². The second kappa shape index (κ2) is 7.20. The molecule has 2 saturated heterocycles. The minimum atomic E-state index is -0.190. The quantitative estimate of drug-likeness (QED) is 0.903. The van der Waals surface area contributed by atoms with Crippen LogP contribution < -0.4 is 5.32 Å². The predicted molar refractivity (Wildman–Crippen MR) is 82.2 cm³/mol. The van der Waals surface area contributed by atoms with E-state index in [1.807, 2.05) is 6.07 Å². The van der Waals surface area contributed by atoms with Crippen molar-refractivity contribution in [2.75, 3.05) is 32.8 Å². The summed E-state index contributed by atoms with van der Waals surface area (Å²) in [5.41, 5.74) is 1.03. The smallest absolute Gasteiger partial charge is 0.234 e. The molecule has 1 N–H and O–H groups in total. The number of rotatable bonds is 5. The summed E-state index contributed by atoms with van der Waals surface area (Å²) in [4.78, 5) is 14.1. The molecule has 2 heterocycles. The van der Waals surface area contributed by atoms with E-state index in [4.69, 9.17) is 4.74 Å². The van der Waals surface area contributed by atoms with Crippen LogP contribution in [0.25, 0.3) is 0 Å². The average molecular weight is 306 g/mol. The Morgan fingerprint density at radius 3 is 3.09 bits per heavy atom. The zero-order valence-corrected chi connectivity index (χ0v) is 12.8. The summed E-state index contributed by atoms with van der Waals surface area (Å²) in [7, 11) is 0. The van der Waals surface area contributed by atoms with E-state index in [2.05, 4.69) is 10.2 Å². The molecule has 2 atom stereocenters. The Balaban J connectivity index is 1.43. The van der Waals surface area contributed by atoms with Crippen molar-refractivity contribution in [3.05, 3.63) is 35.6 Å². The van der Waals surface area contributed by atoms with Crippen LogP contribution in [0, 0.1) is 5.82 Å². The molecule has 0 unspecified atom stereocenters. The normalized spacial score (nSPS) is 25.5. The van der Waals surface area contributed by atoms with E-state index >= 15 is 0 Å². The molecule has 4 nitrogen and oxygen atoms in total. The van der Waals surface area contributed by atoms with Crippen molar-refractivity contribution in [3.8, 4) is 0 Å². The molecule has 0 bridgehead atoms. The molecular formula is C17H23FN2O2. The van der Waals surface area contributed by atoms with Gasteiger partial charge in [0, 0.05) is 19.7 Å². The zero-order valence-electron chi connectivity index (χ0n) is 12.8. The third-order valence-corrected chi connectivity index (χ3v) is 4.51. The van der Waals surface area contributed by atoms with Crippen LogP contribution in [-0.2, 0) is 9.53 Å². The Morgan fingerprint density at radius 2 is 2.32 bits per heavy atom. The van der Waals surface area contributed by atoms with Crippen LogP contribution in [0.1, 0.15) is 30.7 Å². The number of hydrogen-bond donors (Lipinski definition) is 1. The van der Waals surface area contributed by atoms with Gasteiger partial charge in [0.1, 0.15) is 5.82 Å². The first-order valence-electron chi connectivity index (χ1n) is 8.07. The summed E-state index contributed by atoms with van der Waals surface area (Å²) in [5.74, 6) is 0.183. The molecule has 1 aromatic rings. The lowest BCUT2D eigenvalue weighted by atomic mass is 9.98. The Kier molecular flexibility index (Phi) is 5.05. The van der Waals surface area contributed by atoms with E-state index in [1.54, 1.807) is 12.1 Å². The molecular weight excluding hydrogens is 283 g/mol. The van der Waals surface area contributed by atoms with Gasteiger partial charge in [-0.15, -0.1) is 0 Å². The number of amides is 1. The summed E-state index contributed by atoms with van der Waals surface area (Å²) in [5, 5.41) is 2.95. The maximum absolute atomic E-state index is 13.3. The first-order chi connectivity index (χ1) is 10.7. The van der Waals surface area contributed by atoms with Gasteiger partial charge < -0.3 is 10.1 Å². The molecule has 22 heavy (non-hydrogen) atoms. The Bertz CT molecular complexity index is 517. The van der Waals surface area contributed by atoms with Crippen molar-refractivity contribution in [2.24, 2.45) is 0 Å². The van der Waals surface area contributed by atoms with Crippen LogP contribution in [0.5, 0.6) is 0 Å². The first kappa shape index (κ1) is 15.4. The van der Waals surface area contributed by atoms with Gasteiger partial charge in [-0.25, -0.2) is 4.39 Å². The number of carbonyl (C=O) groups excluding carboxylic acids is 1.